The van der Waals surface area contributed by atoms with Crippen LogP contribution in [0.1, 0.15) is 5.56 Å². The first-order valence-corrected chi connectivity index (χ1v) is 6.49. The monoisotopic (exact) mass is 236 g/mol. The van der Waals surface area contributed by atoms with Crippen LogP contribution in [0.25, 0.3) is 11.3 Å². The standard InChI is InChI=1S/C11H12N2S2/c1-8-7-9(15-14)3-4-10(8)11-5-6-13(2)12-11/h3-7,14H,1-2H3. The van der Waals surface area contributed by atoms with Gasteiger partial charge >= 0.3 is 0 Å². The molecule has 4 heteroatoms. The summed E-state index contributed by atoms with van der Waals surface area (Å²) >= 11 is 4.18. The van der Waals surface area contributed by atoms with Crippen LogP contribution in [-0.2, 0) is 7.05 Å². The van der Waals surface area contributed by atoms with Gasteiger partial charge in [-0.3, -0.25) is 4.68 Å². The van der Waals surface area contributed by atoms with Crippen molar-refractivity contribution in [2.75, 3.05) is 0 Å². The molecule has 0 spiro atoms. The highest BCUT2D eigenvalue weighted by atomic mass is 33.1. The Labute approximate surface area is 98.5 Å². The third-order valence-electron chi connectivity index (χ3n) is 2.29. The van der Waals surface area contributed by atoms with Crippen molar-refractivity contribution in [1.82, 2.24) is 9.78 Å². The lowest BCUT2D eigenvalue weighted by Crippen LogP contribution is -1.89. The number of hydrogen-bond acceptors (Lipinski definition) is 3. The fourth-order valence-electron chi connectivity index (χ4n) is 1.54. The van der Waals surface area contributed by atoms with Crippen LogP contribution in [0.15, 0.2) is 35.4 Å². The second kappa shape index (κ2) is 4.33. The molecule has 0 fully saturated rings. The second-order valence-corrected chi connectivity index (χ2v) is 4.64. The van der Waals surface area contributed by atoms with Crippen molar-refractivity contribution in [2.45, 2.75) is 11.8 Å². The van der Waals surface area contributed by atoms with E-state index in [2.05, 4.69) is 41.9 Å². The van der Waals surface area contributed by atoms with E-state index in [4.69, 9.17) is 0 Å². The molecule has 0 aliphatic carbocycles. The molecule has 2 rings (SSSR count). The molecule has 1 aromatic heterocycles. The van der Waals surface area contributed by atoms with Crippen molar-refractivity contribution in [3.63, 3.8) is 0 Å². The number of benzene rings is 1. The molecule has 0 bridgehead atoms. The third-order valence-corrected chi connectivity index (χ3v) is 3.39. The predicted octanol–water partition coefficient (Wildman–Crippen LogP) is 3.33. The topological polar surface area (TPSA) is 17.8 Å². The molecule has 0 saturated carbocycles. The minimum atomic E-state index is 1.02. The number of nitrogens with zero attached hydrogens (tertiary/aromatic N) is 2. The summed E-state index contributed by atoms with van der Waals surface area (Å²) in [7, 11) is 3.39. The van der Waals surface area contributed by atoms with Crippen LogP contribution in [0, 0.1) is 6.92 Å². The van der Waals surface area contributed by atoms with Crippen LogP contribution in [-0.4, -0.2) is 9.78 Å². The summed E-state index contributed by atoms with van der Waals surface area (Å²) in [6.07, 6.45) is 1.95. The molecule has 0 radical (unpaired) electrons. The van der Waals surface area contributed by atoms with Gasteiger partial charge in [0.05, 0.1) is 5.69 Å². The van der Waals surface area contributed by atoms with Gasteiger partial charge in [0.1, 0.15) is 0 Å². The van der Waals surface area contributed by atoms with E-state index in [0.717, 1.165) is 10.6 Å². The lowest BCUT2D eigenvalue weighted by molar-refractivity contribution is 0.770. The number of thiol groups is 1. The zero-order valence-corrected chi connectivity index (χ0v) is 10.3. The lowest BCUT2D eigenvalue weighted by Gasteiger charge is -2.04. The quantitative estimate of drug-likeness (QED) is 0.636. The maximum atomic E-state index is 4.39. The number of hydrogen-bond donors (Lipinski definition) is 1. The molecular formula is C11H12N2S2. The summed E-state index contributed by atoms with van der Waals surface area (Å²) in [6, 6.07) is 8.31. The molecule has 0 N–H and O–H groups in total. The minimum absolute atomic E-state index is 1.02. The van der Waals surface area contributed by atoms with Crippen molar-refractivity contribution in [1.29, 1.82) is 0 Å². The summed E-state index contributed by atoms with van der Waals surface area (Å²) in [5.74, 6) is 0. The van der Waals surface area contributed by atoms with E-state index in [1.54, 1.807) is 0 Å². The first kappa shape index (κ1) is 10.6. The van der Waals surface area contributed by atoms with Gasteiger partial charge in [-0.15, -0.1) is 11.7 Å². The molecule has 1 heterocycles. The molecule has 2 aromatic rings. The fourth-order valence-corrected chi connectivity index (χ4v) is 2.24. The van der Waals surface area contributed by atoms with Gasteiger partial charge in [-0.25, -0.2) is 0 Å². The van der Waals surface area contributed by atoms with E-state index in [-0.39, 0.29) is 0 Å². The van der Waals surface area contributed by atoms with Crippen molar-refractivity contribution in [2.24, 2.45) is 7.05 Å². The van der Waals surface area contributed by atoms with E-state index >= 15 is 0 Å². The third kappa shape index (κ3) is 2.21. The molecule has 2 nitrogen and oxygen atoms in total. The summed E-state index contributed by atoms with van der Waals surface area (Å²) in [5, 5.41) is 4.39. The maximum Gasteiger partial charge on any atom is 0.0925 e. The molecule has 0 aliphatic rings. The van der Waals surface area contributed by atoms with E-state index in [9.17, 15) is 0 Å². The van der Waals surface area contributed by atoms with Crippen LogP contribution < -0.4 is 0 Å². The van der Waals surface area contributed by atoms with Gasteiger partial charge in [0.2, 0.25) is 0 Å². The SMILES string of the molecule is Cc1cc(SS)ccc1-c1ccn(C)n1. The normalized spacial score (nSPS) is 10.6. The van der Waals surface area contributed by atoms with Gasteiger partial charge in [0.25, 0.3) is 0 Å². The first-order chi connectivity index (χ1) is 7.20. The fraction of sp³-hybridized carbons (Fsp3) is 0.182. The highest BCUT2D eigenvalue weighted by Crippen LogP contribution is 2.28. The smallest absolute Gasteiger partial charge is 0.0925 e. The van der Waals surface area contributed by atoms with Crippen molar-refractivity contribution in [3.05, 3.63) is 36.0 Å². The summed E-state index contributed by atoms with van der Waals surface area (Å²) in [6.45, 7) is 2.09. The van der Waals surface area contributed by atoms with Crippen LogP contribution in [0.4, 0.5) is 0 Å². The van der Waals surface area contributed by atoms with Gasteiger partial charge in [-0.05, 0) is 30.7 Å². The molecule has 78 valence electrons. The Bertz CT molecular complexity index is 477. The highest BCUT2D eigenvalue weighted by Gasteiger charge is 2.05. The molecular weight excluding hydrogens is 224 g/mol. The van der Waals surface area contributed by atoms with Gasteiger partial charge in [-0.1, -0.05) is 16.9 Å². The Morgan fingerprint density at radius 3 is 2.67 bits per heavy atom. The Morgan fingerprint density at radius 2 is 2.13 bits per heavy atom. The van der Waals surface area contributed by atoms with Gasteiger partial charge < -0.3 is 0 Å². The minimum Gasteiger partial charge on any atom is -0.275 e. The summed E-state index contributed by atoms with van der Waals surface area (Å²) in [5.41, 5.74) is 3.43. The van der Waals surface area contributed by atoms with Crippen LogP contribution >= 0.6 is 22.5 Å². The first-order valence-electron chi connectivity index (χ1n) is 4.63. The van der Waals surface area contributed by atoms with Gasteiger partial charge in [0.15, 0.2) is 0 Å². The van der Waals surface area contributed by atoms with Gasteiger partial charge in [0, 0.05) is 23.7 Å². The van der Waals surface area contributed by atoms with Crippen molar-refractivity contribution >= 4 is 22.5 Å². The molecule has 0 saturated heterocycles. The second-order valence-electron chi connectivity index (χ2n) is 3.44. The molecule has 0 unspecified atom stereocenters. The predicted molar refractivity (Wildman–Crippen MR) is 68.2 cm³/mol. The summed E-state index contributed by atoms with van der Waals surface area (Å²) < 4.78 is 1.82. The largest absolute Gasteiger partial charge is 0.275 e. The Kier molecular flexibility index (Phi) is 3.07. The van der Waals surface area contributed by atoms with E-state index in [1.807, 2.05) is 24.0 Å². The molecule has 0 aliphatic heterocycles. The summed E-state index contributed by atoms with van der Waals surface area (Å²) in [4.78, 5) is 1.16. The van der Waals surface area contributed by atoms with E-state index in [0.29, 0.717) is 0 Å². The average molecular weight is 236 g/mol. The molecule has 1 aromatic carbocycles. The van der Waals surface area contributed by atoms with E-state index < -0.39 is 0 Å². The number of rotatable bonds is 2. The lowest BCUT2D eigenvalue weighted by atomic mass is 10.1. The zero-order valence-electron chi connectivity index (χ0n) is 8.64. The van der Waals surface area contributed by atoms with Crippen LogP contribution in [0.5, 0.6) is 0 Å². The Balaban J connectivity index is 2.45. The number of aromatic nitrogens is 2. The number of aryl methyl sites for hydroxylation is 2. The molecule has 15 heavy (non-hydrogen) atoms. The highest BCUT2D eigenvalue weighted by molar-refractivity contribution is 8.68. The van der Waals surface area contributed by atoms with Crippen LogP contribution in [0.2, 0.25) is 0 Å². The van der Waals surface area contributed by atoms with E-state index in [1.165, 1.54) is 21.9 Å². The Hall–Kier alpha value is -0.870. The maximum absolute atomic E-state index is 4.39. The average Bonchev–Trinajstić information content (AvgIpc) is 2.64. The van der Waals surface area contributed by atoms with Crippen molar-refractivity contribution < 1.29 is 0 Å². The van der Waals surface area contributed by atoms with Crippen molar-refractivity contribution in [3.8, 4) is 11.3 Å². The molecule has 0 amide bonds. The molecule has 0 atom stereocenters. The van der Waals surface area contributed by atoms with Gasteiger partial charge in [-0.2, -0.15) is 5.10 Å². The van der Waals surface area contributed by atoms with Crippen LogP contribution in [0.3, 0.4) is 0 Å². The zero-order chi connectivity index (χ0) is 10.8. The Morgan fingerprint density at radius 1 is 1.33 bits per heavy atom.